The van der Waals surface area contributed by atoms with Crippen molar-refractivity contribution in [1.29, 1.82) is 0 Å². The number of anilines is 1. The first kappa shape index (κ1) is 22.8. The lowest BCUT2D eigenvalue weighted by molar-refractivity contribution is 0.250. The van der Waals surface area contributed by atoms with Crippen LogP contribution in [0.3, 0.4) is 0 Å². The molecule has 0 unspecified atom stereocenters. The molecule has 1 fully saturated rings. The SMILES string of the molecule is Cc1ccc2ccccc2c1-c1[nH]c(-c2ccc(Cl)cc2)cc1CN1CCN(c2ccccn2)CC1. The molecular formula is C31H29ClN4. The second-order valence-corrected chi connectivity index (χ2v) is 9.96. The third-order valence-corrected chi connectivity index (χ3v) is 7.43. The maximum atomic E-state index is 6.18. The number of pyridine rings is 1. The van der Waals surface area contributed by atoms with E-state index >= 15 is 0 Å². The van der Waals surface area contributed by atoms with Crippen molar-refractivity contribution < 1.29 is 0 Å². The highest BCUT2D eigenvalue weighted by molar-refractivity contribution is 6.30. The number of halogens is 1. The Morgan fingerprint density at radius 2 is 1.64 bits per heavy atom. The zero-order valence-electron chi connectivity index (χ0n) is 20.4. The molecule has 2 aromatic heterocycles. The van der Waals surface area contributed by atoms with E-state index in [2.05, 4.69) is 93.4 Å². The lowest BCUT2D eigenvalue weighted by Gasteiger charge is -2.35. The number of H-pyrrole nitrogens is 1. The second-order valence-electron chi connectivity index (χ2n) is 9.52. The highest BCUT2D eigenvalue weighted by Gasteiger charge is 2.22. The monoisotopic (exact) mass is 492 g/mol. The van der Waals surface area contributed by atoms with E-state index in [0.29, 0.717) is 0 Å². The van der Waals surface area contributed by atoms with Crippen LogP contribution in [0.5, 0.6) is 0 Å². The molecule has 0 saturated carbocycles. The van der Waals surface area contributed by atoms with Crippen molar-refractivity contribution in [2.45, 2.75) is 13.5 Å². The Bertz CT molecular complexity index is 1480. The van der Waals surface area contributed by atoms with Crippen molar-refractivity contribution in [2.75, 3.05) is 31.1 Å². The highest BCUT2D eigenvalue weighted by Crippen LogP contribution is 2.37. The van der Waals surface area contributed by atoms with Crippen molar-refractivity contribution in [3.8, 4) is 22.5 Å². The van der Waals surface area contributed by atoms with Gasteiger partial charge in [-0.25, -0.2) is 4.98 Å². The molecule has 5 aromatic rings. The Morgan fingerprint density at radius 3 is 2.42 bits per heavy atom. The van der Waals surface area contributed by atoms with Crippen LogP contribution in [0.4, 0.5) is 5.82 Å². The Hall–Kier alpha value is -3.60. The van der Waals surface area contributed by atoms with E-state index in [0.717, 1.165) is 54.8 Å². The van der Waals surface area contributed by atoms with Crippen LogP contribution in [0.15, 0.2) is 91.1 Å². The zero-order chi connectivity index (χ0) is 24.5. The van der Waals surface area contributed by atoms with Gasteiger partial charge in [0.2, 0.25) is 0 Å². The number of fused-ring (bicyclic) bond motifs is 1. The number of hydrogen-bond donors (Lipinski definition) is 1. The Kier molecular flexibility index (Phi) is 6.22. The summed E-state index contributed by atoms with van der Waals surface area (Å²) in [6, 6.07) is 29.7. The molecule has 4 nitrogen and oxygen atoms in total. The fourth-order valence-electron chi connectivity index (χ4n) is 5.26. The van der Waals surface area contributed by atoms with Crippen LogP contribution in [-0.4, -0.2) is 41.0 Å². The molecular weight excluding hydrogens is 464 g/mol. The van der Waals surface area contributed by atoms with Crippen molar-refractivity contribution in [1.82, 2.24) is 14.9 Å². The lowest BCUT2D eigenvalue weighted by atomic mass is 9.95. The summed E-state index contributed by atoms with van der Waals surface area (Å²) in [6.07, 6.45) is 1.87. The average molecular weight is 493 g/mol. The van der Waals surface area contributed by atoms with Gasteiger partial charge < -0.3 is 9.88 Å². The quantitative estimate of drug-likeness (QED) is 0.282. The number of benzene rings is 3. The van der Waals surface area contributed by atoms with Gasteiger partial charge >= 0.3 is 0 Å². The number of aromatic amines is 1. The van der Waals surface area contributed by atoms with Crippen LogP contribution in [0.25, 0.3) is 33.3 Å². The third-order valence-electron chi connectivity index (χ3n) is 7.18. The predicted molar refractivity (Wildman–Crippen MR) is 151 cm³/mol. The van der Waals surface area contributed by atoms with Crippen LogP contribution in [0.2, 0.25) is 5.02 Å². The lowest BCUT2D eigenvalue weighted by Crippen LogP contribution is -2.46. The van der Waals surface area contributed by atoms with Crippen LogP contribution in [0, 0.1) is 6.92 Å². The summed E-state index contributed by atoms with van der Waals surface area (Å²) in [4.78, 5) is 13.3. The molecule has 1 aliphatic heterocycles. The number of rotatable bonds is 5. The van der Waals surface area contributed by atoms with Crippen LogP contribution < -0.4 is 4.90 Å². The number of nitrogens with zero attached hydrogens (tertiary/aromatic N) is 3. The van der Waals surface area contributed by atoms with Gasteiger partial charge in [0.25, 0.3) is 0 Å². The van der Waals surface area contributed by atoms with Gasteiger partial charge in [-0.05, 0) is 64.7 Å². The molecule has 1 N–H and O–H groups in total. The Morgan fingerprint density at radius 1 is 0.861 bits per heavy atom. The third kappa shape index (κ3) is 4.50. The maximum Gasteiger partial charge on any atom is 0.128 e. The summed E-state index contributed by atoms with van der Waals surface area (Å²) < 4.78 is 0. The van der Waals surface area contributed by atoms with E-state index in [9.17, 15) is 0 Å². The minimum atomic E-state index is 0.751. The van der Waals surface area contributed by atoms with Crippen molar-refractivity contribution >= 4 is 28.2 Å². The van der Waals surface area contributed by atoms with E-state index in [1.807, 2.05) is 24.4 Å². The van der Waals surface area contributed by atoms with Gasteiger partial charge in [-0.3, -0.25) is 4.90 Å². The Balaban J connectivity index is 1.36. The predicted octanol–water partition coefficient (Wildman–Crippen LogP) is 7.18. The fraction of sp³-hybridized carbons (Fsp3) is 0.194. The van der Waals surface area contributed by atoms with Crippen molar-refractivity contribution in [2.24, 2.45) is 0 Å². The van der Waals surface area contributed by atoms with Crippen LogP contribution in [-0.2, 0) is 6.54 Å². The minimum absolute atomic E-state index is 0.751. The number of piperazine rings is 1. The summed E-state index contributed by atoms with van der Waals surface area (Å²) in [5, 5.41) is 3.29. The van der Waals surface area contributed by atoms with Gasteiger partial charge in [0.15, 0.2) is 0 Å². The van der Waals surface area contributed by atoms with Crippen molar-refractivity contribution in [3.63, 3.8) is 0 Å². The summed E-state index contributed by atoms with van der Waals surface area (Å²) in [7, 11) is 0. The number of nitrogens with one attached hydrogen (secondary N) is 1. The fourth-order valence-corrected chi connectivity index (χ4v) is 5.39. The van der Waals surface area contributed by atoms with E-state index in [1.165, 1.54) is 33.2 Å². The smallest absolute Gasteiger partial charge is 0.128 e. The van der Waals surface area contributed by atoms with E-state index in [4.69, 9.17) is 11.6 Å². The number of aromatic nitrogens is 2. The highest BCUT2D eigenvalue weighted by atomic mass is 35.5. The van der Waals surface area contributed by atoms with Gasteiger partial charge in [0, 0.05) is 55.2 Å². The summed E-state index contributed by atoms with van der Waals surface area (Å²) in [6.45, 7) is 7.08. The summed E-state index contributed by atoms with van der Waals surface area (Å²) in [5.41, 5.74) is 7.36. The molecule has 36 heavy (non-hydrogen) atoms. The molecule has 0 aliphatic carbocycles. The van der Waals surface area contributed by atoms with E-state index in [1.54, 1.807) is 0 Å². The second kappa shape index (κ2) is 9.81. The largest absolute Gasteiger partial charge is 0.354 e. The minimum Gasteiger partial charge on any atom is -0.354 e. The summed E-state index contributed by atoms with van der Waals surface area (Å²) >= 11 is 6.18. The topological polar surface area (TPSA) is 35.2 Å². The molecule has 0 amide bonds. The van der Waals surface area contributed by atoms with Crippen LogP contribution >= 0.6 is 11.6 Å². The van der Waals surface area contributed by atoms with Gasteiger partial charge in [0.1, 0.15) is 5.82 Å². The van der Waals surface area contributed by atoms with Gasteiger partial charge in [-0.1, -0.05) is 66.2 Å². The molecule has 0 spiro atoms. The van der Waals surface area contributed by atoms with Gasteiger partial charge in [0.05, 0.1) is 5.69 Å². The maximum absolute atomic E-state index is 6.18. The molecule has 1 aliphatic rings. The molecule has 0 radical (unpaired) electrons. The van der Waals surface area contributed by atoms with E-state index < -0.39 is 0 Å². The molecule has 1 saturated heterocycles. The van der Waals surface area contributed by atoms with Gasteiger partial charge in [-0.2, -0.15) is 0 Å². The molecule has 3 heterocycles. The average Bonchev–Trinajstić information content (AvgIpc) is 3.33. The normalized spacial score (nSPS) is 14.4. The molecule has 0 bridgehead atoms. The first-order chi connectivity index (χ1) is 17.7. The molecule has 3 aromatic carbocycles. The number of aryl methyl sites for hydroxylation is 1. The van der Waals surface area contributed by atoms with E-state index in [-0.39, 0.29) is 0 Å². The molecule has 180 valence electrons. The van der Waals surface area contributed by atoms with Gasteiger partial charge in [-0.15, -0.1) is 0 Å². The van der Waals surface area contributed by atoms with Crippen molar-refractivity contribution in [3.05, 3.63) is 107 Å². The molecule has 6 rings (SSSR count). The first-order valence-electron chi connectivity index (χ1n) is 12.5. The molecule has 5 heteroatoms. The van der Waals surface area contributed by atoms with Crippen LogP contribution in [0.1, 0.15) is 11.1 Å². The number of hydrogen-bond acceptors (Lipinski definition) is 3. The first-order valence-corrected chi connectivity index (χ1v) is 12.9. The standard InChI is InChI=1S/C31H29ClN4/c1-22-9-10-23-6-2-3-7-27(23)30(22)31-25(20-28(34-31)24-11-13-26(32)14-12-24)21-35-16-18-36(19-17-35)29-8-4-5-15-33-29/h2-15,20,34H,16-19,21H2,1H3. The summed E-state index contributed by atoms with van der Waals surface area (Å²) in [5.74, 6) is 1.07. The Labute approximate surface area is 217 Å². The zero-order valence-corrected chi connectivity index (χ0v) is 21.2. The molecule has 0 atom stereocenters.